The highest BCUT2D eigenvalue weighted by atomic mass is 32.1. The van der Waals surface area contributed by atoms with Crippen molar-refractivity contribution in [3.05, 3.63) is 16.3 Å². The van der Waals surface area contributed by atoms with Crippen molar-refractivity contribution in [1.82, 2.24) is 15.3 Å². The van der Waals surface area contributed by atoms with Crippen LogP contribution in [0.5, 0.6) is 0 Å². The molecule has 16 heavy (non-hydrogen) atoms. The van der Waals surface area contributed by atoms with Crippen LogP contribution in [0.15, 0.2) is 16.3 Å². The number of carbonyl (C=O) groups excluding carboxylic acids is 1. The van der Waals surface area contributed by atoms with Gasteiger partial charge < -0.3 is 4.90 Å². The molecular weight excluding hydrogens is 242 g/mol. The Morgan fingerprint density at radius 3 is 2.69 bits per heavy atom. The van der Waals surface area contributed by atoms with Gasteiger partial charge >= 0.3 is 0 Å². The van der Waals surface area contributed by atoms with Crippen LogP contribution in [0.2, 0.25) is 0 Å². The normalized spacial score (nSPS) is 18.6. The highest BCUT2D eigenvalue weighted by Crippen LogP contribution is 2.17. The Hall–Kier alpha value is -0.560. The van der Waals surface area contributed by atoms with Crippen LogP contribution < -0.4 is 5.43 Å². The van der Waals surface area contributed by atoms with Gasteiger partial charge in [0.05, 0.1) is 4.88 Å². The van der Waals surface area contributed by atoms with Crippen molar-refractivity contribution in [3.8, 4) is 0 Å². The van der Waals surface area contributed by atoms with E-state index >= 15 is 0 Å². The predicted molar refractivity (Wildman–Crippen MR) is 68.1 cm³/mol. The third-order valence-electron chi connectivity index (χ3n) is 2.57. The molecule has 6 heteroatoms. The molecule has 1 fully saturated rings. The first kappa shape index (κ1) is 11.9. The number of carbonyl (C=O) groups is 1. The van der Waals surface area contributed by atoms with Gasteiger partial charge in [0.15, 0.2) is 0 Å². The van der Waals surface area contributed by atoms with E-state index in [-0.39, 0.29) is 5.91 Å². The molecule has 0 saturated carbocycles. The minimum Gasteiger partial charge on any atom is -0.304 e. The molecule has 4 nitrogen and oxygen atoms in total. The lowest BCUT2D eigenvalue weighted by Gasteiger charge is -2.32. The summed E-state index contributed by atoms with van der Waals surface area (Å²) in [7, 11) is 2.09. The van der Waals surface area contributed by atoms with Crippen LogP contribution in [0.4, 0.5) is 0 Å². The number of hydrogen-bond donors (Lipinski definition) is 2. The van der Waals surface area contributed by atoms with E-state index in [4.69, 9.17) is 0 Å². The zero-order valence-corrected chi connectivity index (χ0v) is 10.9. The van der Waals surface area contributed by atoms with Crippen LogP contribution in [0.3, 0.4) is 0 Å². The molecule has 1 aliphatic heterocycles. The largest absolute Gasteiger partial charge is 0.304 e. The van der Waals surface area contributed by atoms with Crippen LogP contribution in [-0.2, 0) is 0 Å². The van der Waals surface area contributed by atoms with Crippen LogP contribution >= 0.6 is 24.0 Å². The first-order chi connectivity index (χ1) is 7.65. The second kappa shape index (κ2) is 5.18. The summed E-state index contributed by atoms with van der Waals surface area (Å²) in [5.74, 6) is -0.0325. The molecule has 0 spiro atoms. The molecule has 88 valence electrons. The second-order valence-electron chi connectivity index (χ2n) is 3.90. The van der Waals surface area contributed by atoms with E-state index in [1.807, 2.05) is 10.4 Å². The minimum atomic E-state index is -0.0325. The first-order valence-electron chi connectivity index (χ1n) is 5.17. The summed E-state index contributed by atoms with van der Waals surface area (Å²) < 4.78 is 0. The summed E-state index contributed by atoms with van der Waals surface area (Å²) in [5.41, 5.74) is 2.91. The third-order valence-corrected chi connectivity index (χ3v) is 3.93. The molecule has 1 N–H and O–H groups in total. The molecular formula is C10H15N3OS2. The number of thiol groups is 1. The maximum Gasteiger partial charge on any atom is 0.275 e. The fraction of sp³-hybridized carbons (Fsp3) is 0.500. The lowest BCUT2D eigenvalue weighted by atomic mass is 10.4. The summed E-state index contributed by atoms with van der Waals surface area (Å²) in [6.45, 7) is 3.73. The van der Waals surface area contributed by atoms with Gasteiger partial charge in [0.2, 0.25) is 0 Å². The van der Waals surface area contributed by atoms with Crippen LogP contribution in [0.1, 0.15) is 9.67 Å². The smallest absolute Gasteiger partial charge is 0.275 e. The zero-order chi connectivity index (χ0) is 11.5. The van der Waals surface area contributed by atoms with Gasteiger partial charge in [-0.15, -0.1) is 24.0 Å². The maximum atomic E-state index is 11.8. The van der Waals surface area contributed by atoms with Gasteiger partial charge in [-0.3, -0.25) is 10.2 Å². The average Bonchev–Trinajstić information content (AvgIpc) is 2.68. The average molecular weight is 257 g/mol. The Morgan fingerprint density at radius 1 is 1.44 bits per heavy atom. The molecule has 1 aromatic rings. The molecule has 0 aromatic carbocycles. The summed E-state index contributed by atoms with van der Waals surface area (Å²) in [5, 5.41) is 3.84. The molecule has 1 aromatic heterocycles. The molecule has 1 aliphatic rings. The van der Waals surface area contributed by atoms with Gasteiger partial charge in [0.25, 0.3) is 5.91 Å². The molecule has 0 atom stereocenters. The van der Waals surface area contributed by atoms with Crippen molar-refractivity contribution < 1.29 is 4.79 Å². The van der Waals surface area contributed by atoms with Gasteiger partial charge in [-0.2, -0.15) is 0 Å². The van der Waals surface area contributed by atoms with Crippen molar-refractivity contribution in [1.29, 1.82) is 0 Å². The second-order valence-corrected chi connectivity index (χ2v) is 5.33. The molecule has 2 heterocycles. The van der Waals surface area contributed by atoms with E-state index in [1.54, 1.807) is 6.07 Å². The van der Waals surface area contributed by atoms with Gasteiger partial charge in [-0.05, 0) is 13.1 Å². The molecule has 1 amide bonds. The van der Waals surface area contributed by atoms with Gasteiger partial charge in [-0.25, -0.2) is 5.01 Å². The molecule has 2 rings (SSSR count). The first-order valence-corrected chi connectivity index (χ1v) is 6.50. The number of piperazine rings is 1. The molecule has 0 aliphatic carbocycles. The van der Waals surface area contributed by atoms with Crippen LogP contribution in [0.25, 0.3) is 0 Å². The lowest BCUT2D eigenvalue weighted by molar-refractivity contribution is 0.0666. The van der Waals surface area contributed by atoms with Crippen molar-refractivity contribution in [2.24, 2.45) is 0 Å². The SMILES string of the molecule is CN1CCN(NC(=O)c2cc(S)cs2)CC1. The lowest BCUT2D eigenvalue weighted by Crippen LogP contribution is -2.52. The Bertz CT molecular complexity index is 372. The Labute approximate surface area is 105 Å². The Balaban J connectivity index is 1.88. The van der Waals surface area contributed by atoms with E-state index in [2.05, 4.69) is 30.0 Å². The summed E-state index contributed by atoms with van der Waals surface area (Å²) in [4.78, 5) is 15.6. The fourth-order valence-corrected chi connectivity index (χ4v) is 2.60. The van der Waals surface area contributed by atoms with E-state index in [1.165, 1.54) is 11.3 Å². The Morgan fingerprint density at radius 2 is 2.12 bits per heavy atom. The predicted octanol–water partition coefficient (Wildman–Crippen LogP) is 0.929. The number of hydrogen-bond acceptors (Lipinski definition) is 5. The third kappa shape index (κ3) is 2.98. The number of rotatable bonds is 2. The van der Waals surface area contributed by atoms with Gasteiger partial charge in [-0.1, -0.05) is 0 Å². The van der Waals surface area contributed by atoms with Crippen molar-refractivity contribution >= 4 is 29.9 Å². The van der Waals surface area contributed by atoms with Crippen molar-refractivity contribution in [2.75, 3.05) is 33.2 Å². The number of thiophene rings is 1. The van der Waals surface area contributed by atoms with Crippen molar-refractivity contribution in [2.45, 2.75) is 4.90 Å². The topological polar surface area (TPSA) is 35.6 Å². The quantitative estimate of drug-likeness (QED) is 0.774. The number of hydrazine groups is 1. The number of likely N-dealkylation sites (N-methyl/N-ethyl adjacent to an activating group) is 1. The van der Waals surface area contributed by atoms with Crippen LogP contribution in [-0.4, -0.2) is 49.0 Å². The monoisotopic (exact) mass is 257 g/mol. The number of nitrogens with one attached hydrogen (secondary N) is 1. The molecule has 0 bridgehead atoms. The highest BCUT2D eigenvalue weighted by molar-refractivity contribution is 7.80. The number of nitrogens with zero attached hydrogens (tertiary/aromatic N) is 2. The summed E-state index contributed by atoms with van der Waals surface area (Å²) in [6, 6.07) is 1.79. The molecule has 1 saturated heterocycles. The zero-order valence-electron chi connectivity index (χ0n) is 9.14. The minimum absolute atomic E-state index is 0.0325. The van der Waals surface area contributed by atoms with Crippen molar-refractivity contribution in [3.63, 3.8) is 0 Å². The highest BCUT2D eigenvalue weighted by Gasteiger charge is 2.17. The van der Waals surface area contributed by atoms with E-state index in [0.717, 1.165) is 31.1 Å². The summed E-state index contributed by atoms with van der Waals surface area (Å²) >= 11 is 5.61. The van der Waals surface area contributed by atoms with E-state index in [0.29, 0.717) is 4.88 Å². The fourth-order valence-electron chi connectivity index (χ4n) is 1.56. The van der Waals surface area contributed by atoms with Gasteiger partial charge in [0, 0.05) is 36.5 Å². The summed E-state index contributed by atoms with van der Waals surface area (Å²) in [6.07, 6.45) is 0. The number of amides is 1. The Kier molecular flexibility index (Phi) is 3.86. The van der Waals surface area contributed by atoms with Gasteiger partial charge in [0.1, 0.15) is 0 Å². The van der Waals surface area contributed by atoms with E-state index in [9.17, 15) is 4.79 Å². The standard InChI is InChI=1S/C10H15N3OS2/c1-12-2-4-13(5-3-12)11-10(14)9-6-8(15)7-16-9/h6-7,15H,2-5H2,1H3,(H,11,14). The maximum absolute atomic E-state index is 11.8. The van der Waals surface area contributed by atoms with E-state index < -0.39 is 0 Å². The van der Waals surface area contributed by atoms with Crippen LogP contribution in [0, 0.1) is 0 Å². The molecule has 0 radical (unpaired) electrons. The molecule has 0 unspecified atom stereocenters.